The number of carbonyl (C=O) groups is 1. The first-order valence-electron chi connectivity index (χ1n) is 15.2. The number of hydrogen-bond acceptors (Lipinski definition) is 8. The lowest BCUT2D eigenvalue weighted by molar-refractivity contribution is -0.166. The van der Waals surface area contributed by atoms with Gasteiger partial charge in [0.15, 0.2) is 11.8 Å². The van der Waals surface area contributed by atoms with E-state index >= 15 is 0 Å². The van der Waals surface area contributed by atoms with Crippen molar-refractivity contribution < 1.29 is 14.3 Å². The highest BCUT2D eigenvalue weighted by Crippen LogP contribution is 2.44. The Labute approximate surface area is 267 Å². The molecule has 8 nitrogen and oxygen atoms in total. The molecule has 1 aliphatic heterocycles. The summed E-state index contributed by atoms with van der Waals surface area (Å²) < 4.78 is 14.9. The molecule has 3 aromatic heterocycles. The number of ether oxygens (including phenoxy) is 2. The summed E-state index contributed by atoms with van der Waals surface area (Å²) in [5.74, 6) is -0.421. The van der Waals surface area contributed by atoms with Gasteiger partial charge in [0.2, 0.25) is 0 Å². The highest BCUT2D eigenvalue weighted by molar-refractivity contribution is 7.22. The third-order valence-electron chi connectivity index (χ3n) is 7.86. The normalized spacial score (nSPS) is 14.8. The molecule has 0 aliphatic carbocycles. The Balaban J connectivity index is 1.55. The predicted octanol–water partition coefficient (Wildman–Crippen LogP) is 8.28. The van der Waals surface area contributed by atoms with E-state index < -0.39 is 17.7 Å². The molecule has 1 saturated heterocycles. The number of piperidine rings is 1. The molecule has 0 spiro atoms. The lowest BCUT2D eigenvalue weighted by Crippen LogP contribution is -2.29. The highest BCUT2D eigenvalue weighted by Gasteiger charge is 2.33. The molecule has 0 N–H and O–H groups in total. The van der Waals surface area contributed by atoms with Crippen molar-refractivity contribution in [3.05, 3.63) is 58.9 Å². The average molecular weight is 632 g/mol. The van der Waals surface area contributed by atoms with E-state index in [4.69, 9.17) is 36.0 Å². The molecule has 0 amide bonds. The number of halogens is 1. The maximum Gasteiger partial charge on any atom is 0.339 e. The molecule has 0 unspecified atom stereocenters. The number of hydrogen-bond donors (Lipinski definition) is 0. The van der Waals surface area contributed by atoms with Crippen molar-refractivity contribution in [1.29, 1.82) is 0 Å². The quantitative estimate of drug-likeness (QED) is 0.167. The number of carbonyl (C=O) groups excluding carboxylic acids is 1. The molecule has 44 heavy (non-hydrogen) atoms. The summed E-state index contributed by atoms with van der Waals surface area (Å²) in [5, 5.41) is 1.40. The Morgan fingerprint density at radius 2 is 1.84 bits per heavy atom. The van der Waals surface area contributed by atoms with E-state index in [1.165, 1.54) is 19.3 Å². The molecule has 1 atom stereocenters. The van der Waals surface area contributed by atoms with Gasteiger partial charge in [-0.3, -0.25) is 0 Å². The molecular weight excluding hydrogens is 594 g/mol. The van der Waals surface area contributed by atoms with Crippen molar-refractivity contribution in [3.63, 3.8) is 0 Å². The van der Waals surface area contributed by atoms with E-state index in [1.807, 2.05) is 69.6 Å². The minimum absolute atomic E-state index is 0.255. The average Bonchev–Trinajstić information content (AvgIpc) is 3.56. The zero-order valence-electron chi connectivity index (χ0n) is 26.1. The highest BCUT2D eigenvalue weighted by atomic mass is 35.5. The number of thiazole rings is 1. The number of aryl methyl sites for hydroxylation is 2. The molecule has 0 radical (unpaired) electrons. The summed E-state index contributed by atoms with van der Waals surface area (Å²) in [6, 6.07) is 9.68. The van der Waals surface area contributed by atoms with Crippen molar-refractivity contribution in [1.82, 2.24) is 19.5 Å². The Bertz CT molecular complexity index is 1830. The van der Waals surface area contributed by atoms with Gasteiger partial charge in [0, 0.05) is 42.5 Å². The van der Waals surface area contributed by atoms with E-state index in [2.05, 4.69) is 11.1 Å². The number of benzene rings is 2. The van der Waals surface area contributed by atoms with Crippen LogP contribution in [0, 0.1) is 6.92 Å². The van der Waals surface area contributed by atoms with Crippen LogP contribution in [0.1, 0.15) is 64.2 Å². The fraction of sp³-hybridized carbons (Fsp3) is 0.412. The first-order valence-corrected chi connectivity index (χ1v) is 16.4. The number of anilines is 1. The molecule has 0 bridgehead atoms. The van der Waals surface area contributed by atoms with Gasteiger partial charge in [-0.25, -0.2) is 19.7 Å². The van der Waals surface area contributed by atoms with E-state index in [1.54, 1.807) is 24.5 Å². The van der Waals surface area contributed by atoms with Crippen LogP contribution in [0.25, 0.3) is 43.2 Å². The van der Waals surface area contributed by atoms with Gasteiger partial charge in [-0.1, -0.05) is 23.7 Å². The Morgan fingerprint density at radius 1 is 1.11 bits per heavy atom. The summed E-state index contributed by atoms with van der Waals surface area (Å²) >= 11 is 7.84. The molecule has 230 valence electrons. The van der Waals surface area contributed by atoms with Crippen molar-refractivity contribution in [2.24, 2.45) is 7.05 Å². The number of nitrogens with zero attached hydrogens (tertiary/aromatic N) is 5. The molecule has 10 heteroatoms. The van der Waals surface area contributed by atoms with E-state index in [0.29, 0.717) is 5.02 Å². The SMILES string of the molecule is CCOC(=O)[C@@H](OC(C)(C)C)c1c(C)cc2nc(-c3cnc4c(n3)c(N3CCCCC3)cn4C)sc2c1-c1ccc(Cl)cc1. The minimum atomic E-state index is -0.928. The maximum absolute atomic E-state index is 13.5. The van der Waals surface area contributed by atoms with E-state index in [0.717, 1.165) is 73.1 Å². The first-order chi connectivity index (χ1) is 21.0. The van der Waals surface area contributed by atoms with Crippen LogP contribution in [0.15, 0.2) is 42.7 Å². The van der Waals surface area contributed by atoms with Crippen LogP contribution in [0.5, 0.6) is 0 Å². The van der Waals surface area contributed by atoms with Gasteiger partial charge < -0.3 is 18.9 Å². The van der Waals surface area contributed by atoms with Gasteiger partial charge in [0.25, 0.3) is 0 Å². The fourth-order valence-corrected chi connectivity index (χ4v) is 7.15. The first kappa shape index (κ1) is 30.5. The molecule has 1 fully saturated rings. The van der Waals surface area contributed by atoms with Crippen molar-refractivity contribution in [3.8, 4) is 21.8 Å². The topological polar surface area (TPSA) is 82.4 Å². The smallest absolute Gasteiger partial charge is 0.339 e. The maximum atomic E-state index is 13.5. The van der Waals surface area contributed by atoms with Gasteiger partial charge in [0.1, 0.15) is 16.2 Å². The fourth-order valence-electron chi connectivity index (χ4n) is 5.95. The number of fused-ring (bicyclic) bond motifs is 2. The van der Waals surface area contributed by atoms with Gasteiger partial charge in [-0.2, -0.15) is 0 Å². The summed E-state index contributed by atoms with van der Waals surface area (Å²) in [6.45, 7) is 11.9. The molecular formula is C34H38ClN5O3S. The van der Waals surface area contributed by atoms with Crippen LogP contribution in [-0.4, -0.2) is 50.8 Å². The third kappa shape index (κ3) is 5.93. The molecule has 6 rings (SSSR count). The van der Waals surface area contributed by atoms with Gasteiger partial charge in [-0.15, -0.1) is 11.3 Å². The van der Waals surface area contributed by atoms with E-state index in [9.17, 15) is 4.79 Å². The van der Waals surface area contributed by atoms with E-state index in [-0.39, 0.29) is 6.61 Å². The Morgan fingerprint density at radius 3 is 2.52 bits per heavy atom. The molecule has 4 heterocycles. The van der Waals surface area contributed by atoms with Crippen LogP contribution in [0.2, 0.25) is 5.02 Å². The molecule has 0 saturated carbocycles. The third-order valence-corrected chi connectivity index (χ3v) is 9.22. The molecule has 1 aliphatic rings. The molecule has 2 aromatic carbocycles. The van der Waals surface area contributed by atoms with Crippen molar-refractivity contribution in [2.45, 2.75) is 65.6 Å². The van der Waals surface area contributed by atoms with Gasteiger partial charge in [0.05, 0.1) is 34.3 Å². The van der Waals surface area contributed by atoms with Crippen molar-refractivity contribution in [2.75, 3.05) is 24.6 Å². The largest absolute Gasteiger partial charge is 0.464 e. The Kier molecular flexibility index (Phi) is 8.39. The summed E-state index contributed by atoms with van der Waals surface area (Å²) in [5.41, 5.74) is 7.25. The summed E-state index contributed by atoms with van der Waals surface area (Å²) in [6.07, 6.45) is 6.64. The second-order valence-corrected chi connectivity index (χ2v) is 13.8. The van der Waals surface area contributed by atoms with Crippen molar-refractivity contribution >= 4 is 56.0 Å². The summed E-state index contributed by atoms with van der Waals surface area (Å²) in [4.78, 5) is 30.9. The molecule has 5 aromatic rings. The summed E-state index contributed by atoms with van der Waals surface area (Å²) in [7, 11) is 2.02. The van der Waals surface area contributed by atoms with Crippen LogP contribution >= 0.6 is 22.9 Å². The predicted molar refractivity (Wildman–Crippen MR) is 179 cm³/mol. The number of rotatable bonds is 7. The lowest BCUT2D eigenvalue weighted by atomic mass is 9.91. The van der Waals surface area contributed by atoms with Gasteiger partial charge in [-0.05, 0) is 83.2 Å². The van der Waals surface area contributed by atoms with Crippen LogP contribution < -0.4 is 4.90 Å². The second-order valence-electron chi connectivity index (χ2n) is 12.3. The lowest BCUT2D eigenvalue weighted by Gasteiger charge is -2.29. The monoisotopic (exact) mass is 631 g/mol. The zero-order chi connectivity index (χ0) is 31.2. The Hall–Kier alpha value is -3.53. The number of esters is 1. The second kappa shape index (κ2) is 12.1. The van der Waals surface area contributed by atoms with Gasteiger partial charge >= 0.3 is 5.97 Å². The van der Waals surface area contributed by atoms with Crippen LogP contribution in [0.4, 0.5) is 5.69 Å². The minimum Gasteiger partial charge on any atom is -0.464 e. The zero-order valence-corrected chi connectivity index (χ0v) is 27.7. The van der Waals surface area contributed by atoms with Crippen LogP contribution in [0.3, 0.4) is 0 Å². The number of aromatic nitrogens is 4. The van der Waals surface area contributed by atoms with Crippen LogP contribution in [-0.2, 0) is 21.3 Å². The standard InChI is InChI=1S/C34H38ClN5O3S/c1-7-42-33(41)29(43-34(3,4)5)26-20(2)17-23-30(27(26)21-11-13-22(35)14-12-21)44-32(38-23)24-18-36-31-28(37-24)25(19-39(31)6)40-15-9-8-10-16-40/h11-14,17-19,29H,7-10,15-16H2,1-6H3/t29-/m0/s1.